The molecule has 0 N–H and O–H groups in total. The Hall–Kier alpha value is -1.86. The zero-order chi connectivity index (χ0) is 17.6. The van der Waals surface area contributed by atoms with Crippen molar-refractivity contribution in [2.45, 2.75) is 12.8 Å². The lowest BCUT2D eigenvalue weighted by Gasteiger charge is -2.20. The molecule has 2 heterocycles. The summed E-state index contributed by atoms with van der Waals surface area (Å²) in [6.45, 7) is 3.06. The lowest BCUT2D eigenvalue weighted by atomic mass is 10.1. The number of carbonyl (C=O) groups is 1. The first-order chi connectivity index (χ1) is 12.2. The van der Waals surface area contributed by atoms with Crippen LogP contribution in [0.3, 0.4) is 0 Å². The van der Waals surface area contributed by atoms with Gasteiger partial charge in [-0.2, -0.15) is 4.37 Å². The maximum absolute atomic E-state index is 11.8. The number of amides is 1. The number of hydrogen-bond acceptors (Lipinski definition) is 6. The van der Waals surface area contributed by atoms with E-state index in [0.29, 0.717) is 13.0 Å². The van der Waals surface area contributed by atoms with Gasteiger partial charge in [0.1, 0.15) is 17.5 Å². The van der Waals surface area contributed by atoms with E-state index in [1.165, 1.54) is 11.5 Å². The van der Waals surface area contributed by atoms with Gasteiger partial charge in [-0.05, 0) is 24.1 Å². The van der Waals surface area contributed by atoms with Crippen molar-refractivity contribution in [2.24, 2.45) is 0 Å². The van der Waals surface area contributed by atoms with Gasteiger partial charge >= 0.3 is 0 Å². The molecule has 3 rings (SSSR count). The van der Waals surface area contributed by atoms with Gasteiger partial charge in [-0.15, -0.1) is 11.6 Å². The van der Waals surface area contributed by atoms with E-state index in [1.54, 1.807) is 7.11 Å². The van der Waals surface area contributed by atoms with E-state index in [0.717, 1.165) is 48.3 Å². The number of hydrogen-bond donors (Lipinski definition) is 0. The monoisotopic (exact) mass is 380 g/mol. The third-order valence-corrected chi connectivity index (χ3v) is 5.23. The Morgan fingerprint density at radius 2 is 2.20 bits per heavy atom. The fourth-order valence-electron chi connectivity index (χ4n) is 2.85. The average Bonchev–Trinajstić information content (AvgIpc) is 2.96. The van der Waals surface area contributed by atoms with Gasteiger partial charge in [-0.25, -0.2) is 4.98 Å². The molecule has 1 aromatic carbocycles. The molecule has 8 heteroatoms. The van der Waals surface area contributed by atoms with Gasteiger partial charge in [-0.3, -0.25) is 4.79 Å². The average molecular weight is 381 g/mol. The Labute approximate surface area is 156 Å². The molecular weight excluding hydrogens is 360 g/mol. The molecule has 0 aliphatic carbocycles. The number of anilines is 1. The van der Waals surface area contributed by atoms with E-state index in [1.807, 2.05) is 29.2 Å². The Morgan fingerprint density at radius 1 is 1.32 bits per heavy atom. The number of rotatable bonds is 5. The highest BCUT2D eigenvalue weighted by molar-refractivity contribution is 7.09. The predicted molar refractivity (Wildman–Crippen MR) is 99.8 cm³/mol. The van der Waals surface area contributed by atoms with Crippen LogP contribution < -0.4 is 9.64 Å². The highest BCUT2D eigenvalue weighted by Crippen LogP contribution is 2.21. The van der Waals surface area contributed by atoms with Crippen LogP contribution in [-0.4, -0.2) is 59.3 Å². The number of nitrogens with zero attached hydrogens (tertiary/aromatic N) is 4. The van der Waals surface area contributed by atoms with Gasteiger partial charge in [0.25, 0.3) is 0 Å². The van der Waals surface area contributed by atoms with Crippen molar-refractivity contribution in [3.8, 4) is 5.75 Å². The molecule has 1 fully saturated rings. The molecule has 0 atom stereocenters. The summed E-state index contributed by atoms with van der Waals surface area (Å²) in [7, 11) is 1.66. The first-order valence-electron chi connectivity index (χ1n) is 8.24. The number of aromatic nitrogens is 2. The van der Waals surface area contributed by atoms with Crippen LogP contribution in [-0.2, 0) is 11.2 Å². The zero-order valence-corrected chi connectivity index (χ0v) is 15.7. The third-order valence-electron chi connectivity index (χ3n) is 4.19. The van der Waals surface area contributed by atoms with Crippen LogP contribution in [0.4, 0.5) is 5.13 Å². The van der Waals surface area contributed by atoms with E-state index < -0.39 is 0 Å². The minimum absolute atomic E-state index is 0.000468. The second kappa shape index (κ2) is 8.49. The van der Waals surface area contributed by atoms with Crippen molar-refractivity contribution in [2.75, 3.05) is 44.1 Å². The highest BCUT2D eigenvalue weighted by Gasteiger charge is 2.20. The summed E-state index contributed by atoms with van der Waals surface area (Å²) in [5.74, 6) is 1.69. The Bertz CT molecular complexity index is 724. The summed E-state index contributed by atoms with van der Waals surface area (Å²) >= 11 is 7.07. The van der Waals surface area contributed by atoms with Crippen LogP contribution in [0.25, 0.3) is 0 Å². The van der Waals surface area contributed by atoms with E-state index in [9.17, 15) is 4.79 Å². The van der Waals surface area contributed by atoms with Crippen LogP contribution in [0.15, 0.2) is 24.3 Å². The van der Waals surface area contributed by atoms with Crippen molar-refractivity contribution in [3.05, 3.63) is 35.7 Å². The number of methoxy groups -OCH3 is 1. The van der Waals surface area contributed by atoms with E-state index in [2.05, 4.69) is 14.3 Å². The van der Waals surface area contributed by atoms with Gasteiger partial charge < -0.3 is 14.5 Å². The maximum atomic E-state index is 11.8. The van der Waals surface area contributed by atoms with E-state index in [4.69, 9.17) is 16.3 Å². The maximum Gasteiger partial charge on any atom is 0.237 e. The molecule has 1 amide bonds. The first kappa shape index (κ1) is 17.9. The van der Waals surface area contributed by atoms with Gasteiger partial charge in [0.05, 0.1) is 7.11 Å². The normalized spacial score (nSPS) is 15.1. The molecule has 1 aliphatic rings. The fraction of sp³-hybridized carbons (Fsp3) is 0.471. The Balaban J connectivity index is 1.63. The number of halogens is 1. The van der Waals surface area contributed by atoms with Crippen molar-refractivity contribution >= 4 is 34.2 Å². The van der Waals surface area contributed by atoms with Gasteiger partial charge in [0.2, 0.25) is 11.0 Å². The van der Waals surface area contributed by atoms with Crippen LogP contribution >= 0.6 is 23.1 Å². The van der Waals surface area contributed by atoms with Crippen molar-refractivity contribution < 1.29 is 9.53 Å². The van der Waals surface area contributed by atoms with Gasteiger partial charge in [-0.1, -0.05) is 12.1 Å². The molecule has 0 spiro atoms. The topological polar surface area (TPSA) is 58.6 Å². The Morgan fingerprint density at radius 3 is 3.00 bits per heavy atom. The summed E-state index contributed by atoms with van der Waals surface area (Å²) in [4.78, 5) is 20.5. The van der Waals surface area contributed by atoms with Crippen molar-refractivity contribution in [1.82, 2.24) is 14.3 Å². The summed E-state index contributed by atoms with van der Waals surface area (Å²) in [6, 6.07) is 7.94. The second-order valence-corrected chi connectivity index (χ2v) is 6.87. The quantitative estimate of drug-likeness (QED) is 0.745. The molecule has 1 aromatic heterocycles. The van der Waals surface area contributed by atoms with Crippen LogP contribution in [0.1, 0.15) is 17.8 Å². The molecule has 0 bridgehead atoms. The molecule has 25 heavy (non-hydrogen) atoms. The highest BCUT2D eigenvalue weighted by atomic mass is 35.5. The lowest BCUT2D eigenvalue weighted by molar-refractivity contribution is -0.128. The minimum atomic E-state index is -0.000468. The number of carbonyl (C=O) groups excluding carboxylic acids is 1. The van der Waals surface area contributed by atoms with Crippen molar-refractivity contribution in [3.63, 3.8) is 0 Å². The summed E-state index contributed by atoms with van der Waals surface area (Å²) in [5, 5.41) is 0.915. The minimum Gasteiger partial charge on any atom is -0.497 e. The number of ether oxygens (including phenoxy) is 1. The molecule has 0 unspecified atom stereocenters. The summed E-state index contributed by atoms with van der Waals surface area (Å²) < 4.78 is 9.75. The standard InChI is InChI=1S/C17H21ClN4O2S/c1-24-14-5-2-4-13(10-14)11-15-19-17(25-20-15)22-7-3-6-21(8-9-22)16(23)12-18/h2,4-5,10H,3,6-9,11-12H2,1H3. The van der Waals surface area contributed by atoms with Crippen LogP contribution in [0.5, 0.6) is 5.75 Å². The molecule has 0 radical (unpaired) electrons. The van der Waals surface area contributed by atoms with E-state index >= 15 is 0 Å². The number of benzene rings is 1. The zero-order valence-electron chi connectivity index (χ0n) is 14.2. The molecule has 2 aromatic rings. The third kappa shape index (κ3) is 4.61. The van der Waals surface area contributed by atoms with E-state index in [-0.39, 0.29) is 11.8 Å². The molecule has 1 aliphatic heterocycles. The second-order valence-electron chi connectivity index (χ2n) is 5.88. The predicted octanol–water partition coefficient (Wildman–Crippen LogP) is 2.42. The van der Waals surface area contributed by atoms with Crippen LogP contribution in [0.2, 0.25) is 0 Å². The molecule has 1 saturated heterocycles. The Kier molecular flexibility index (Phi) is 6.09. The SMILES string of the molecule is COc1cccc(Cc2nsc(N3CCCN(C(=O)CCl)CC3)n2)c1. The van der Waals surface area contributed by atoms with Gasteiger partial charge in [0.15, 0.2) is 0 Å². The van der Waals surface area contributed by atoms with Gasteiger partial charge in [0, 0.05) is 44.1 Å². The molecule has 0 saturated carbocycles. The molecular formula is C17H21ClN4O2S. The smallest absolute Gasteiger partial charge is 0.237 e. The largest absolute Gasteiger partial charge is 0.497 e. The summed E-state index contributed by atoms with van der Waals surface area (Å²) in [6.07, 6.45) is 1.59. The fourth-order valence-corrected chi connectivity index (χ4v) is 3.76. The number of alkyl halides is 1. The first-order valence-corrected chi connectivity index (χ1v) is 9.54. The van der Waals surface area contributed by atoms with Crippen molar-refractivity contribution in [1.29, 1.82) is 0 Å². The molecule has 134 valence electrons. The lowest BCUT2D eigenvalue weighted by Crippen LogP contribution is -2.35. The van der Waals surface area contributed by atoms with Crippen LogP contribution in [0, 0.1) is 0 Å². The summed E-state index contributed by atoms with van der Waals surface area (Å²) in [5.41, 5.74) is 1.12. The molecule has 6 nitrogen and oxygen atoms in total.